The zero-order valence-electron chi connectivity index (χ0n) is 9.92. The van der Waals surface area contributed by atoms with Crippen molar-refractivity contribution in [1.29, 1.82) is 0 Å². The minimum Gasteiger partial charge on any atom is -0.478 e. The number of hydrogen-bond acceptors (Lipinski definition) is 4. The highest BCUT2D eigenvalue weighted by molar-refractivity contribution is 5.40. The van der Waals surface area contributed by atoms with Gasteiger partial charge in [-0.25, -0.2) is 0 Å². The zero-order valence-corrected chi connectivity index (χ0v) is 9.92. The molecule has 0 bridgehead atoms. The van der Waals surface area contributed by atoms with Gasteiger partial charge in [0.15, 0.2) is 0 Å². The van der Waals surface area contributed by atoms with Gasteiger partial charge in [-0.05, 0) is 32.9 Å². The highest BCUT2D eigenvalue weighted by Crippen LogP contribution is 2.21. The normalized spacial score (nSPS) is 24.4. The maximum atomic E-state index is 5.38. The smallest absolute Gasteiger partial charge is 0.215 e. The first-order valence-corrected chi connectivity index (χ1v) is 5.81. The van der Waals surface area contributed by atoms with E-state index in [9.17, 15) is 0 Å². The summed E-state index contributed by atoms with van der Waals surface area (Å²) in [7, 11) is 0. The Labute approximate surface area is 96.4 Å². The number of nitrogens with one attached hydrogen (secondary N) is 2. The van der Waals surface area contributed by atoms with E-state index in [-0.39, 0.29) is 5.54 Å². The topological polar surface area (TPSA) is 46.2 Å². The van der Waals surface area contributed by atoms with Crippen molar-refractivity contribution in [3.8, 4) is 5.88 Å². The van der Waals surface area contributed by atoms with E-state index in [0.29, 0.717) is 12.5 Å². The third kappa shape index (κ3) is 2.64. The second-order valence-electron chi connectivity index (χ2n) is 4.41. The highest BCUT2D eigenvalue weighted by atomic mass is 16.5. The van der Waals surface area contributed by atoms with Crippen LogP contribution >= 0.6 is 0 Å². The first-order chi connectivity index (χ1) is 7.72. The first-order valence-electron chi connectivity index (χ1n) is 5.81. The van der Waals surface area contributed by atoms with Crippen LogP contribution in [0.25, 0.3) is 0 Å². The predicted octanol–water partition coefficient (Wildman–Crippen LogP) is 1.64. The van der Waals surface area contributed by atoms with Crippen LogP contribution < -0.4 is 15.4 Å². The van der Waals surface area contributed by atoms with Gasteiger partial charge >= 0.3 is 0 Å². The molecule has 0 spiro atoms. The number of rotatable bonds is 4. The molecule has 0 radical (unpaired) electrons. The average Bonchev–Trinajstić information content (AvgIpc) is 2.66. The lowest BCUT2D eigenvalue weighted by atomic mass is 10.0. The zero-order chi connectivity index (χ0) is 11.4. The molecule has 1 aromatic heterocycles. The molecular formula is C12H19N3O. The second kappa shape index (κ2) is 4.70. The molecule has 2 heterocycles. The summed E-state index contributed by atoms with van der Waals surface area (Å²) >= 11 is 0. The first kappa shape index (κ1) is 11.2. The van der Waals surface area contributed by atoms with Gasteiger partial charge in [-0.3, -0.25) is 0 Å². The molecule has 88 valence electrons. The van der Waals surface area contributed by atoms with Gasteiger partial charge in [0.25, 0.3) is 0 Å². The number of aromatic nitrogens is 1. The van der Waals surface area contributed by atoms with Gasteiger partial charge in [0.1, 0.15) is 5.82 Å². The Morgan fingerprint density at radius 3 is 3.12 bits per heavy atom. The van der Waals surface area contributed by atoms with Gasteiger partial charge in [0, 0.05) is 18.2 Å². The Morgan fingerprint density at radius 2 is 2.44 bits per heavy atom. The number of anilines is 1. The molecule has 1 fully saturated rings. The maximum Gasteiger partial charge on any atom is 0.215 e. The fourth-order valence-corrected chi connectivity index (χ4v) is 1.95. The Kier molecular flexibility index (Phi) is 3.29. The lowest BCUT2D eigenvalue weighted by molar-refractivity contribution is 0.327. The van der Waals surface area contributed by atoms with Gasteiger partial charge in [0.2, 0.25) is 5.88 Å². The molecule has 0 aliphatic carbocycles. The molecule has 1 aliphatic heterocycles. The van der Waals surface area contributed by atoms with Crippen molar-refractivity contribution in [2.45, 2.75) is 25.8 Å². The molecular weight excluding hydrogens is 202 g/mol. The third-order valence-corrected chi connectivity index (χ3v) is 2.81. The number of pyridine rings is 1. The van der Waals surface area contributed by atoms with Gasteiger partial charge in [-0.15, -0.1) is 0 Å². The van der Waals surface area contributed by atoms with Crippen LogP contribution in [0.5, 0.6) is 5.88 Å². The Balaban J connectivity index is 2.05. The van der Waals surface area contributed by atoms with Gasteiger partial charge in [-0.2, -0.15) is 4.98 Å². The van der Waals surface area contributed by atoms with Crippen LogP contribution in [0.4, 0.5) is 5.82 Å². The molecule has 4 heteroatoms. The van der Waals surface area contributed by atoms with Gasteiger partial charge in [-0.1, -0.05) is 6.07 Å². The van der Waals surface area contributed by atoms with Crippen LogP contribution in [0.1, 0.15) is 20.3 Å². The fraction of sp³-hybridized carbons (Fsp3) is 0.583. The van der Waals surface area contributed by atoms with E-state index in [1.807, 2.05) is 25.1 Å². The maximum absolute atomic E-state index is 5.38. The summed E-state index contributed by atoms with van der Waals surface area (Å²) in [6, 6.07) is 5.82. The predicted molar refractivity (Wildman–Crippen MR) is 64.9 cm³/mol. The summed E-state index contributed by atoms with van der Waals surface area (Å²) in [4.78, 5) is 4.41. The van der Waals surface area contributed by atoms with Crippen LogP contribution in [0.3, 0.4) is 0 Å². The lowest BCUT2D eigenvalue weighted by Crippen LogP contribution is -2.37. The average molecular weight is 221 g/mol. The van der Waals surface area contributed by atoms with Crippen LogP contribution in [-0.4, -0.2) is 30.2 Å². The van der Waals surface area contributed by atoms with E-state index in [1.165, 1.54) is 0 Å². The summed E-state index contributed by atoms with van der Waals surface area (Å²) in [6.45, 7) is 6.86. The Hall–Kier alpha value is -1.29. The quantitative estimate of drug-likeness (QED) is 0.811. The molecule has 4 nitrogen and oxygen atoms in total. The minimum atomic E-state index is 0.109. The molecule has 0 amide bonds. The van der Waals surface area contributed by atoms with Crippen LogP contribution in [0, 0.1) is 0 Å². The summed E-state index contributed by atoms with van der Waals surface area (Å²) < 4.78 is 5.38. The summed E-state index contributed by atoms with van der Waals surface area (Å²) in [5, 5.41) is 6.81. The molecule has 1 unspecified atom stereocenters. The summed E-state index contributed by atoms with van der Waals surface area (Å²) in [6.07, 6.45) is 1.12. The largest absolute Gasteiger partial charge is 0.478 e. The van der Waals surface area contributed by atoms with E-state index in [0.717, 1.165) is 25.3 Å². The van der Waals surface area contributed by atoms with Crippen molar-refractivity contribution in [3.63, 3.8) is 0 Å². The number of ether oxygens (including phenoxy) is 1. The molecule has 1 atom stereocenters. The molecule has 0 saturated carbocycles. The van der Waals surface area contributed by atoms with Gasteiger partial charge < -0.3 is 15.4 Å². The van der Waals surface area contributed by atoms with E-state index >= 15 is 0 Å². The molecule has 16 heavy (non-hydrogen) atoms. The third-order valence-electron chi connectivity index (χ3n) is 2.81. The monoisotopic (exact) mass is 221 g/mol. The summed E-state index contributed by atoms with van der Waals surface area (Å²) in [5.41, 5.74) is 0.109. The van der Waals surface area contributed by atoms with Crippen molar-refractivity contribution < 1.29 is 4.74 Å². The van der Waals surface area contributed by atoms with Crippen LogP contribution in [0.2, 0.25) is 0 Å². The summed E-state index contributed by atoms with van der Waals surface area (Å²) in [5.74, 6) is 1.57. The fourth-order valence-electron chi connectivity index (χ4n) is 1.95. The van der Waals surface area contributed by atoms with Crippen molar-refractivity contribution in [3.05, 3.63) is 18.2 Å². The van der Waals surface area contributed by atoms with Gasteiger partial charge in [0.05, 0.1) is 6.61 Å². The number of hydrogen-bond donors (Lipinski definition) is 2. The second-order valence-corrected chi connectivity index (χ2v) is 4.41. The SMILES string of the molecule is CCOc1cccc(NC2(C)CCNC2)n1. The molecule has 2 N–H and O–H groups in total. The van der Waals surface area contributed by atoms with E-state index in [4.69, 9.17) is 4.74 Å². The lowest BCUT2D eigenvalue weighted by Gasteiger charge is -2.25. The standard InChI is InChI=1S/C12H19N3O/c1-3-16-11-6-4-5-10(14-11)15-12(2)7-8-13-9-12/h4-6,13H,3,7-9H2,1-2H3,(H,14,15). The van der Waals surface area contributed by atoms with E-state index < -0.39 is 0 Å². The van der Waals surface area contributed by atoms with Crippen molar-refractivity contribution in [1.82, 2.24) is 10.3 Å². The molecule has 1 aliphatic rings. The number of nitrogens with zero attached hydrogens (tertiary/aromatic N) is 1. The molecule has 1 saturated heterocycles. The Bertz CT molecular complexity index is 348. The van der Waals surface area contributed by atoms with E-state index in [2.05, 4.69) is 22.5 Å². The highest BCUT2D eigenvalue weighted by Gasteiger charge is 2.28. The minimum absolute atomic E-state index is 0.109. The van der Waals surface area contributed by atoms with Crippen LogP contribution in [0.15, 0.2) is 18.2 Å². The van der Waals surface area contributed by atoms with Crippen LogP contribution in [-0.2, 0) is 0 Å². The molecule has 1 aromatic rings. The van der Waals surface area contributed by atoms with Crippen molar-refractivity contribution in [2.24, 2.45) is 0 Å². The van der Waals surface area contributed by atoms with Crippen molar-refractivity contribution >= 4 is 5.82 Å². The van der Waals surface area contributed by atoms with E-state index in [1.54, 1.807) is 0 Å². The Morgan fingerprint density at radius 1 is 1.56 bits per heavy atom. The molecule has 0 aromatic carbocycles. The molecule has 2 rings (SSSR count). The van der Waals surface area contributed by atoms with Crippen molar-refractivity contribution in [2.75, 3.05) is 25.0 Å².